The summed E-state index contributed by atoms with van der Waals surface area (Å²) in [4.78, 5) is 16.0. The van der Waals surface area contributed by atoms with E-state index in [1.54, 1.807) is 18.2 Å². The van der Waals surface area contributed by atoms with Gasteiger partial charge in [-0.15, -0.1) is 17.9 Å². The average molecular weight is 461 g/mol. The van der Waals surface area contributed by atoms with Crippen molar-refractivity contribution >= 4 is 22.7 Å². The maximum atomic E-state index is 11.0. The Balaban J connectivity index is 1.69. The van der Waals surface area contributed by atoms with Crippen LogP contribution in [0.2, 0.25) is 0 Å². The molecule has 33 heavy (non-hydrogen) atoms. The van der Waals surface area contributed by atoms with Crippen molar-refractivity contribution in [1.82, 2.24) is 4.68 Å². The van der Waals surface area contributed by atoms with Crippen molar-refractivity contribution in [1.29, 1.82) is 0 Å². The fourth-order valence-electron chi connectivity index (χ4n) is 4.24. The van der Waals surface area contributed by atoms with Crippen LogP contribution in [0, 0.1) is 10.1 Å². The Morgan fingerprint density at radius 1 is 1.15 bits per heavy atom. The molecule has 1 aliphatic carbocycles. The third-order valence-corrected chi connectivity index (χ3v) is 6.92. The Bertz CT molecular complexity index is 1210. The first kappa shape index (κ1) is 22.9. The van der Waals surface area contributed by atoms with Crippen molar-refractivity contribution in [2.75, 3.05) is 6.54 Å². The van der Waals surface area contributed by atoms with Gasteiger partial charge in [-0.2, -0.15) is 5.10 Å². The molecular weight excluding hydrogens is 432 g/mol. The van der Waals surface area contributed by atoms with Gasteiger partial charge in [0.25, 0.3) is 5.69 Å². The fraction of sp³-hybridized carbons (Fsp3) is 0.308. The van der Waals surface area contributed by atoms with Crippen molar-refractivity contribution < 1.29 is 4.92 Å². The largest absolute Gasteiger partial charge is 0.269 e. The number of aromatic nitrogens is 1. The summed E-state index contributed by atoms with van der Waals surface area (Å²) >= 11 is 1.54. The summed E-state index contributed by atoms with van der Waals surface area (Å²) in [7, 11) is 0. The smallest absolute Gasteiger partial charge is 0.258 e. The standard InChI is InChI=1S/C26H28N4O2S/c1-3-17-27-26-29(28-19(2)20-13-15-24(16-14-20)30(31)32)25(18-33-26)23-11-9-22(10-12-23)21-7-5-4-6-8-21/h3,9-16,18,21H,1,4-8,17H2,2H3. The molecule has 0 unspecified atom stereocenters. The lowest BCUT2D eigenvalue weighted by atomic mass is 9.84. The van der Waals surface area contributed by atoms with Crippen LogP contribution in [-0.4, -0.2) is 21.9 Å². The van der Waals surface area contributed by atoms with Gasteiger partial charge in [0.05, 0.1) is 22.9 Å². The summed E-state index contributed by atoms with van der Waals surface area (Å²) in [6, 6.07) is 15.3. The predicted octanol–water partition coefficient (Wildman–Crippen LogP) is 6.53. The maximum absolute atomic E-state index is 11.0. The van der Waals surface area contributed by atoms with Crippen LogP contribution in [0.1, 0.15) is 56.1 Å². The summed E-state index contributed by atoms with van der Waals surface area (Å²) in [6.45, 7) is 6.17. The van der Waals surface area contributed by atoms with E-state index in [-0.39, 0.29) is 5.69 Å². The topological polar surface area (TPSA) is 72.8 Å². The molecule has 1 aromatic heterocycles. The van der Waals surface area contributed by atoms with E-state index in [2.05, 4.69) is 41.2 Å². The summed E-state index contributed by atoms with van der Waals surface area (Å²) in [5, 5.41) is 17.9. The fourth-order valence-corrected chi connectivity index (χ4v) is 5.08. The van der Waals surface area contributed by atoms with Crippen molar-refractivity contribution in [3.05, 3.63) is 92.6 Å². The number of non-ortho nitro benzene ring substituents is 1. The Morgan fingerprint density at radius 3 is 2.48 bits per heavy atom. The second kappa shape index (κ2) is 10.5. The van der Waals surface area contributed by atoms with E-state index < -0.39 is 4.92 Å². The van der Waals surface area contributed by atoms with Gasteiger partial charge in [-0.05, 0) is 48.9 Å². The summed E-state index contributed by atoms with van der Waals surface area (Å²) in [5.74, 6) is 0.669. The lowest BCUT2D eigenvalue weighted by Gasteiger charge is -2.22. The molecule has 1 saturated carbocycles. The first-order valence-corrected chi connectivity index (χ1v) is 12.2. The third-order valence-electron chi connectivity index (χ3n) is 6.07. The minimum absolute atomic E-state index is 0.0650. The molecule has 0 aliphatic heterocycles. The lowest BCUT2D eigenvalue weighted by Crippen LogP contribution is -2.14. The summed E-state index contributed by atoms with van der Waals surface area (Å²) in [5.41, 5.74) is 5.12. The van der Waals surface area contributed by atoms with Crippen LogP contribution < -0.4 is 4.80 Å². The van der Waals surface area contributed by atoms with Crippen molar-refractivity contribution in [2.24, 2.45) is 10.1 Å². The van der Waals surface area contributed by atoms with E-state index in [1.807, 2.05) is 11.6 Å². The van der Waals surface area contributed by atoms with E-state index in [0.717, 1.165) is 27.3 Å². The van der Waals surface area contributed by atoms with Crippen molar-refractivity contribution in [3.8, 4) is 11.3 Å². The van der Waals surface area contributed by atoms with E-state index >= 15 is 0 Å². The highest BCUT2D eigenvalue weighted by molar-refractivity contribution is 7.07. The molecule has 7 heteroatoms. The molecule has 4 rings (SSSR count). The van der Waals surface area contributed by atoms with Gasteiger partial charge < -0.3 is 0 Å². The highest BCUT2D eigenvalue weighted by Crippen LogP contribution is 2.33. The van der Waals surface area contributed by atoms with E-state index in [1.165, 1.54) is 61.1 Å². The molecule has 1 heterocycles. The van der Waals surface area contributed by atoms with Crippen LogP contribution in [0.15, 0.2) is 76.7 Å². The number of rotatable bonds is 7. The van der Waals surface area contributed by atoms with Gasteiger partial charge in [0.1, 0.15) is 0 Å². The van der Waals surface area contributed by atoms with Gasteiger partial charge in [0.2, 0.25) is 4.80 Å². The zero-order chi connectivity index (χ0) is 23.2. The zero-order valence-electron chi connectivity index (χ0n) is 18.8. The Kier molecular flexibility index (Phi) is 7.29. The zero-order valence-corrected chi connectivity index (χ0v) is 19.6. The molecule has 0 N–H and O–H groups in total. The maximum Gasteiger partial charge on any atom is 0.269 e. The number of hydrogen-bond donors (Lipinski definition) is 0. The molecule has 0 spiro atoms. The summed E-state index contributed by atoms with van der Waals surface area (Å²) in [6.07, 6.45) is 8.31. The molecule has 3 aromatic rings. The molecule has 0 bridgehead atoms. The number of nitrogens with zero attached hydrogens (tertiary/aromatic N) is 4. The lowest BCUT2D eigenvalue weighted by molar-refractivity contribution is -0.384. The van der Waals surface area contributed by atoms with Gasteiger partial charge in [-0.3, -0.25) is 15.1 Å². The molecule has 0 amide bonds. The average Bonchev–Trinajstić information content (AvgIpc) is 3.25. The van der Waals surface area contributed by atoms with Gasteiger partial charge in [0.15, 0.2) is 0 Å². The number of nitro benzene ring substituents is 1. The van der Waals surface area contributed by atoms with Gasteiger partial charge >= 0.3 is 0 Å². The minimum atomic E-state index is -0.398. The highest BCUT2D eigenvalue weighted by Gasteiger charge is 2.16. The monoisotopic (exact) mass is 460 g/mol. The van der Waals surface area contributed by atoms with Gasteiger partial charge in [-0.1, -0.05) is 49.6 Å². The van der Waals surface area contributed by atoms with Crippen LogP contribution in [0.5, 0.6) is 0 Å². The molecule has 2 aromatic carbocycles. The molecule has 0 atom stereocenters. The van der Waals surface area contributed by atoms with Crippen LogP contribution in [0.4, 0.5) is 5.69 Å². The SMILES string of the molecule is C=CCN=c1scc(-c2ccc(C3CCCCC3)cc2)n1N=C(C)c1ccc([N+](=O)[O-])cc1. The number of nitro groups is 1. The van der Waals surface area contributed by atoms with Gasteiger partial charge in [-0.25, -0.2) is 4.68 Å². The van der Waals surface area contributed by atoms with Gasteiger partial charge in [0, 0.05) is 23.1 Å². The second-order valence-corrected chi connectivity index (χ2v) is 9.13. The summed E-state index contributed by atoms with van der Waals surface area (Å²) < 4.78 is 1.86. The molecule has 0 saturated heterocycles. The Hall–Kier alpha value is -3.32. The first-order valence-electron chi connectivity index (χ1n) is 11.3. The van der Waals surface area contributed by atoms with Crippen LogP contribution in [0.3, 0.4) is 0 Å². The third kappa shape index (κ3) is 5.37. The highest BCUT2D eigenvalue weighted by atomic mass is 32.1. The van der Waals surface area contributed by atoms with E-state index in [9.17, 15) is 10.1 Å². The van der Waals surface area contributed by atoms with Crippen molar-refractivity contribution in [2.45, 2.75) is 44.9 Å². The van der Waals surface area contributed by atoms with Crippen LogP contribution >= 0.6 is 11.3 Å². The Morgan fingerprint density at radius 2 is 1.85 bits per heavy atom. The minimum Gasteiger partial charge on any atom is -0.258 e. The normalized spacial score (nSPS) is 15.5. The second-order valence-electron chi connectivity index (χ2n) is 8.29. The number of hydrogen-bond acceptors (Lipinski definition) is 5. The quantitative estimate of drug-likeness (QED) is 0.174. The molecule has 1 aliphatic rings. The molecule has 6 nitrogen and oxygen atoms in total. The first-order chi connectivity index (χ1) is 16.1. The number of benzene rings is 2. The van der Waals surface area contributed by atoms with Crippen molar-refractivity contribution in [3.63, 3.8) is 0 Å². The Labute approximate surface area is 197 Å². The predicted molar refractivity (Wildman–Crippen MR) is 135 cm³/mol. The van der Waals surface area contributed by atoms with Crippen LogP contribution in [-0.2, 0) is 0 Å². The molecule has 170 valence electrons. The van der Waals surface area contributed by atoms with E-state index in [0.29, 0.717) is 12.5 Å². The molecule has 0 radical (unpaired) electrons. The van der Waals surface area contributed by atoms with Crippen LogP contribution in [0.25, 0.3) is 11.3 Å². The number of thiazole rings is 1. The molecular formula is C26H28N4O2S. The van der Waals surface area contributed by atoms with E-state index in [4.69, 9.17) is 5.10 Å². The molecule has 1 fully saturated rings.